The van der Waals surface area contributed by atoms with Crippen LogP contribution in [-0.4, -0.2) is 69.1 Å². The van der Waals surface area contributed by atoms with Gasteiger partial charge in [0.05, 0.1) is 15.6 Å². The Morgan fingerprint density at radius 2 is 1.88 bits per heavy atom. The molecule has 1 rings (SSSR count). The number of nitrogens with one attached hydrogen (secondary N) is 1. The van der Waals surface area contributed by atoms with Gasteiger partial charge in [-0.15, -0.1) is 5.10 Å². The number of rotatable bonds is 5. The second kappa shape index (κ2) is 9.35. The van der Waals surface area contributed by atoms with Gasteiger partial charge in [-0.05, 0) is 6.07 Å². The molecule has 0 aromatic heterocycles. The van der Waals surface area contributed by atoms with Crippen LogP contribution < -0.4 is 10.1 Å². The number of likely N-dealkylation sites (N-methyl/N-ethyl adjacent to an activating group) is 1. The second-order valence-electron chi connectivity index (χ2n) is 5.35. The summed E-state index contributed by atoms with van der Waals surface area (Å²) in [6.45, 7) is 2.80. The number of nitrogens with zero attached hydrogens (tertiary/aromatic N) is 4. The first kappa shape index (κ1) is 21.7. The Morgan fingerprint density at radius 1 is 1.27 bits per heavy atom. The smallest absolute Gasteiger partial charge is 0.262 e. The lowest BCUT2D eigenvalue weighted by Gasteiger charge is -2.17. The molecule has 8 nitrogen and oxygen atoms in total. The molecule has 0 radical (unpaired) electrons. The minimum atomic E-state index is -0.964. The van der Waals surface area contributed by atoms with E-state index < -0.39 is 17.3 Å². The quantitative estimate of drug-likeness (QED) is 0.460. The van der Waals surface area contributed by atoms with Crippen LogP contribution in [0, 0.1) is 5.82 Å². The average Bonchev–Trinajstić information content (AvgIpc) is 2.53. The van der Waals surface area contributed by atoms with Gasteiger partial charge >= 0.3 is 0 Å². The van der Waals surface area contributed by atoms with E-state index in [0.29, 0.717) is 0 Å². The molecule has 0 saturated heterocycles. The second-order valence-corrected chi connectivity index (χ2v) is 6.13. The van der Waals surface area contributed by atoms with Crippen LogP contribution in [0.1, 0.15) is 10.4 Å². The molecule has 0 atom stereocenters. The molecule has 0 aliphatic carbocycles. The molecule has 2 amide bonds. The summed E-state index contributed by atoms with van der Waals surface area (Å²) < 4.78 is 19.5. The first-order valence-electron chi connectivity index (χ1n) is 7.12. The molecule has 142 valence electrons. The number of guanidine groups is 1. The summed E-state index contributed by atoms with van der Waals surface area (Å²) in [5, 5.41) is 8.73. The Morgan fingerprint density at radius 3 is 2.38 bits per heavy atom. The van der Waals surface area contributed by atoms with E-state index in [-0.39, 0.29) is 34.3 Å². The van der Waals surface area contributed by atoms with E-state index in [9.17, 15) is 14.0 Å². The molecule has 0 fully saturated rings. The van der Waals surface area contributed by atoms with Gasteiger partial charge in [0, 0.05) is 34.9 Å². The van der Waals surface area contributed by atoms with E-state index in [1.165, 1.54) is 23.9 Å². The van der Waals surface area contributed by atoms with Gasteiger partial charge in [-0.2, -0.15) is 5.10 Å². The molecular weight excluding hydrogens is 388 g/mol. The highest BCUT2D eigenvalue weighted by Gasteiger charge is 2.25. The largest absolute Gasteiger partial charge is 0.481 e. The SMILES string of the molecule is C=N/N=C(/NC(=O)c1c(F)cc(Cl)c(OCC(=O)N(C)C)c1Cl)N(C)C. The molecule has 26 heavy (non-hydrogen) atoms. The summed E-state index contributed by atoms with van der Waals surface area (Å²) in [6, 6.07) is 0.871. The lowest BCUT2D eigenvalue weighted by atomic mass is 10.2. The highest BCUT2D eigenvalue weighted by molar-refractivity contribution is 6.39. The topological polar surface area (TPSA) is 86.6 Å². The first-order chi connectivity index (χ1) is 12.1. The van der Waals surface area contributed by atoms with Gasteiger partial charge in [-0.3, -0.25) is 14.9 Å². The maximum atomic E-state index is 14.3. The van der Waals surface area contributed by atoms with E-state index in [1.54, 1.807) is 14.1 Å². The van der Waals surface area contributed by atoms with Gasteiger partial charge in [-0.25, -0.2) is 4.39 Å². The normalized spacial score (nSPS) is 11.0. The molecular formula is C15H18Cl2FN5O3. The molecule has 1 aromatic carbocycles. The fourth-order valence-electron chi connectivity index (χ4n) is 1.63. The minimum absolute atomic E-state index is 0.0145. The molecule has 0 aliphatic heterocycles. The predicted octanol–water partition coefficient (Wildman–Crippen LogP) is 1.86. The van der Waals surface area contributed by atoms with Gasteiger partial charge in [-0.1, -0.05) is 23.2 Å². The Balaban J connectivity index is 3.21. The number of carbonyl (C=O) groups excluding carboxylic acids is 2. The van der Waals surface area contributed by atoms with Crippen LogP contribution in [0.5, 0.6) is 5.75 Å². The lowest BCUT2D eigenvalue weighted by Crippen LogP contribution is -2.40. The number of benzene rings is 1. The number of hydrogen-bond acceptors (Lipinski definition) is 5. The fourth-order valence-corrected chi connectivity index (χ4v) is 2.26. The van der Waals surface area contributed by atoms with Crippen molar-refractivity contribution < 1.29 is 18.7 Å². The van der Waals surface area contributed by atoms with Crippen LogP contribution in [-0.2, 0) is 4.79 Å². The lowest BCUT2D eigenvalue weighted by molar-refractivity contribution is -0.130. The Kier molecular flexibility index (Phi) is 7.78. The van der Waals surface area contributed by atoms with Crippen molar-refractivity contribution in [2.75, 3.05) is 34.8 Å². The summed E-state index contributed by atoms with van der Waals surface area (Å²) in [5.41, 5.74) is -0.512. The van der Waals surface area contributed by atoms with Crippen molar-refractivity contribution in [1.29, 1.82) is 0 Å². The third kappa shape index (κ3) is 5.30. The van der Waals surface area contributed by atoms with E-state index in [4.69, 9.17) is 27.9 Å². The van der Waals surface area contributed by atoms with Crippen LogP contribution >= 0.6 is 23.2 Å². The van der Waals surface area contributed by atoms with Gasteiger partial charge in [0.2, 0.25) is 5.96 Å². The van der Waals surface area contributed by atoms with Crippen LogP contribution in [0.25, 0.3) is 0 Å². The third-order valence-corrected chi connectivity index (χ3v) is 3.65. The van der Waals surface area contributed by atoms with Gasteiger partial charge in [0.15, 0.2) is 12.4 Å². The molecule has 11 heteroatoms. The van der Waals surface area contributed by atoms with Gasteiger partial charge < -0.3 is 14.5 Å². The van der Waals surface area contributed by atoms with E-state index >= 15 is 0 Å². The molecule has 0 aliphatic rings. The number of halogens is 3. The summed E-state index contributed by atoms with van der Waals surface area (Å²) in [4.78, 5) is 26.8. The van der Waals surface area contributed by atoms with Crippen LogP contribution in [0.4, 0.5) is 4.39 Å². The van der Waals surface area contributed by atoms with Crippen molar-refractivity contribution in [2.24, 2.45) is 10.2 Å². The maximum Gasteiger partial charge on any atom is 0.262 e. The highest BCUT2D eigenvalue weighted by atomic mass is 35.5. The van der Waals surface area contributed by atoms with Gasteiger partial charge in [0.1, 0.15) is 5.82 Å². The van der Waals surface area contributed by atoms with E-state index in [2.05, 4.69) is 22.2 Å². The van der Waals surface area contributed by atoms with Crippen molar-refractivity contribution in [3.63, 3.8) is 0 Å². The van der Waals surface area contributed by atoms with Crippen molar-refractivity contribution in [3.05, 3.63) is 27.5 Å². The number of ether oxygens (including phenoxy) is 1. The van der Waals surface area contributed by atoms with Crippen molar-refractivity contribution >= 4 is 47.7 Å². The summed E-state index contributed by atoms with van der Waals surface area (Å²) >= 11 is 12.0. The molecule has 1 N–H and O–H groups in total. The zero-order chi connectivity index (χ0) is 20.0. The van der Waals surface area contributed by atoms with E-state index in [1.807, 2.05) is 0 Å². The molecule has 0 bridgehead atoms. The first-order valence-corrected chi connectivity index (χ1v) is 7.88. The fraction of sp³-hybridized carbons (Fsp3) is 0.333. The summed E-state index contributed by atoms with van der Waals surface area (Å²) in [6.07, 6.45) is 0. The Bertz CT molecular complexity index is 753. The van der Waals surface area contributed by atoms with E-state index in [0.717, 1.165) is 6.07 Å². The van der Waals surface area contributed by atoms with Crippen LogP contribution in [0.2, 0.25) is 10.0 Å². The molecule has 0 unspecified atom stereocenters. The van der Waals surface area contributed by atoms with Crippen molar-refractivity contribution in [1.82, 2.24) is 15.1 Å². The number of hydrogen-bond donors (Lipinski definition) is 1. The predicted molar refractivity (Wildman–Crippen MR) is 98.7 cm³/mol. The summed E-state index contributed by atoms with van der Waals surface area (Å²) in [5.74, 6) is -2.40. The van der Waals surface area contributed by atoms with Crippen molar-refractivity contribution in [3.8, 4) is 5.75 Å². The summed E-state index contributed by atoms with van der Waals surface area (Å²) in [7, 11) is 6.25. The average molecular weight is 406 g/mol. The van der Waals surface area contributed by atoms with Gasteiger partial charge in [0.25, 0.3) is 11.8 Å². The Hall–Kier alpha value is -2.39. The van der Waals surface area contributed by atoms with Crippen molar-refractivity contribution in [2.45, 2.75) is 0 Å². The number of carbonyl (C=O) groups is 2. The molecule has 0 saturated carbocycles. The Labute approximate surface area is 160 Å². The minimum Gasteiger partial charge on any atom is -0.481 e. The standard InChI is InChI=1S/C15H18Cl2FN5O3/c1-19-21-15(23(4)5)20-14(25)11-9(18)6-8(16)13(12(11)17)26-7-10(24)22(2)3/h6H,1,7H2,2-5H3,(H,20,21,25). The monoisotopic (exact) mass is 405 g/mol. The molecule has 1 aromatic rings. The van der Waals surface area contributed by atoms with Crippen LogP contribution in [0.15, 0.2) is 16.3 Å². The maximum absolute atomic E-state index is 14.3. The van der Waals surface area contributed by atoms with Crippen LogP contribution in [0.3, 0.4) is 0 Å². The zero-order valence-electron chi connectivity index (χ0n) is 14.6. The number of amides is 2. The molecule has 0 heterocycles. The molecule has 0 spiro atoms. The zero-order valence-corrected chi connectivity index (χ0v) is 16.2. The highest BCUT2D eigenvalue weighted by Crippen LogP contribution is 2.37. The third-order valence-electron chi connectivity index (χ3n) is 3.01.